The van der Waals surface area contributed by atoms with Crippen LogP contribution in [0.2, 0.25) is 0 Å². The Morgan fingerprint density at radius 1 is 1.35 bits per heavy atom. The molecule has 0 aliphatic carbocycles. The first-order chi connectivity index (χ1) is 8.31. The molecule has 2 aromatic rings. The smallest absolute Gasteiger partial charge is 0.132 e. The largest absolute Gasteiger partial charge is 0.356 e. The number of imidazole rings is 1. The van der Waals surface area contributed by atoms with Crippen molar-refractivity contribution < 1.29 is 0 Å². The van der Waals surface area contributed by atoms with Crippen LogP contribution in [0.5, 0.6) is 0 Å². The van der Waals surface area contributed by atoms with Gasteiger partial charge in [0.05, 0.1) is 6.33 Å². The van der Waals surface area contributed by atoms with Gasteiger partial charge in [-0.3, -0.25) is 0 Å². The minimum absolute atomic E-state index is 0.694. The molecular weight excluding hydrogens is 214 g/mol. The van der Waals surface area contributed by atoms with E-state index in [9.17, 15) is 0 Å². The third kappa shape index (κ3) is 2.13. The molecule has 88 valence electrons. The monoisotopic (exact) mass is 229 g/mol. The average molecular weight is 229 g/mol. The number of hydrogen-bond donors (Lipinski definition) is 0. The molecule has 5 nitrogen and oxygen atoms in total. The molecule has 1 aliphatic rings. The van der Waals surface area contributed by atoms with Gasteiger partial charge in [0.2, 0.25) is 0 Å². The zero-order valence-corrected chi connectivity index (χ0v) is 9.82. The Labute approximate surface area is 100 Å². The Morgan fingerprint density at radius 3 is 2.94 bits per heavy atom. The number of anilines is 1. The Bertz CT molecular complexity index is 487. The van der Waals surface area contributed by atoms with E-state index in [-0.39, 0.29) is 0 Å². The summed E-state index contributed by atoms with van der Waals surface area (Å²) in [6, 6.07) is 2.04. The Hall–Kier alpha value is -1.91. The molecular formula is C12H15N5. The maximum atomic E-state index is 4.29. The molecule has 0 aromatic carbocycles. The lowest BCUT2D eigenvalue weighted by atomic mass is 10.0. The molecule has 17 heavy (non-hydrogen) atoms. The topological polar surface area (TPSA) is 46.8 Å². The van der Waals surface area contributed by atoms with E-state index in [0.29, 0.717) is 5.92 Å². The summed E-state index contributed by atoms with van der Waals surface area (Å²) in [7, 11) is 0. The lowest BCUT2D eigenvalue weighted by molar-refractivity contribution is 0.355. The van der Waals surface area contributed by atoms with E-state index in [1.807, 2.05) is 31.7 Å². The van der Waals surface area contributed by atoms with Crippen LogP contribution < -0.4 is 4.90 Å². The van der Waals surface area contributed by atoms with Crippen LogP contribution in [0.3, 0.4) is 0 Å². The summed E-state index contributed by atoms with van der Waals surface area (Å²) in [6.45, 7) is 5.16. The minimum atomic E-state index is 0.694. The molecule has 1 aliphatic heterocycles. The van der Waals surface area contributed by atoms with E-state index < -0.39 is 0 Å². The third-order valence-electron chi connectivity index (χ3n) is 3.10. The molecule has 5 heteroatoms. The predicted molar refractivity (Wildman–Crippen MR) is 64.7 cm³/mol. The van der Waals surface area contributed by atoms with E-state index in [0.717, 1.165) is 31.1 Å². The highest BCUT2D eigenvalue weighted by atomic mass is 15.3. The number of nitrogens with zero attached hydrogens (tertiary/aromatic N) is 5. The molecule has 3 rings (SSSR count). The van der Waals surface area contributed by atoms with Crippen molar-refractivity contribution in [3.8, 4) is 0 Å². The van der Waals surface area contributed by atoms with Gasteiger partial charge in [-0.05, 0) is 6.92 Å². The summed E-state index contributed by atoms with van der Waals surface area (Å²) < 4.78 is 2.13. The lowest BCUT2D eigenvalue weighted by Gasteiger charge is -2.40. The van der Waals surface area contributed by atoms with Gasteiger partial charge < -0.3 is 9.47 Å². The fourth-order valence-electron chi connectivity index (χ4n) is 2.18. The van der Waals surface area contributed by atoms with Crippen molar-refractivity contribution >= 4 is 5.82 Å². The number of aryl methyl sites for hydroxylation is 1. The summed E-state index contributed by atoms with van der Waals surface area (Å²) >= 11 is 0. The van der Waals surface area contributed by atoms with E-state index >= 15 is 0 Å². The van der Waals surface area contributed by atoms with Gasteiger partial charge in [-0.2, -0.15) is 0 Å². The molecule has 2 aromatic heterocycles. The standard InChI is InChI=1S/C12H15N5/c1-10-4-12(15-8-14-10)17-6-11(7-17)5-16-3-2-13-9-16/h2-4,8-9,11H,5-7H2,1H3. The van der Waals surface area contributed by atoms with Gasteiger partial charge in [0, 0.05) is 49.7 Å². The van der Waals surface area contributed by atoms with Crippen LogP contribution in [-0.4, -0.2) is 32.6 Å². The van der Waals surface area contributed by atoms with Crippen molar-refractivity contribution in [2.24, 2.45) is 5.92 Å². The first-order valence-electron chi connectivity index (χ1n) is 5.80. The zero-order chi connectivity index (χ0) is 11.7. The first kappa shape index (κ1) is 10.3. The minimum Gasteiger partial charge on any atom is -0.356 e. The van der Waals surface area contributed by atoms with E-state index in [4.69, 9.17) is 0 Å². The molecule has 1 fully saturated rings. The van der Waals surface area contributed by atoms with Crippen LogP contribution >= 0.6 is 0 Å². The third-order valence-corrected chi connectivity index (χ3v) is 3.10. The molecule has 0 N–H and O–H groups in total. The van der Waals surface area contributed by atoms with Crippen molar-refractivity contribution in [3.05, 3.63) is 36.8 Å². The summed E-state index contributed by atoms with van der Waals surface area (Å²) in [5.74, 6) is 1.74. The number of rotatable bonds is 3. The highest BCUT2D eigenvalue weighted by Gasteiger charge is 2.27. The van der Waals surface area contributed by atoms with E-state index in [2.05, 4.69) is 24.4 Å². The Morgan fingerprint density at radius 2 is 2.24 bits per heavy atom. The van der Waals surface area contributed by atoms with E-state index in [1.54, 1.807) is 6.33 Å². The summed E-state index contributed by atoms with van der Waals surface area (Å²) in [6.07, 6.45) is 7.34. The molecule has 0 bridgehead atoms. The maximum absolute atomic E-state index is 4.29. The summed E-state index contributed by atoms with van der Waals surface area (Å²) in [5, 5.41) is 0. The normalized spacial score (nSPS) is 15.9. The van der Waals surface area contributed by atoms with Crippen LogP contribution in [0, 0.1) is 12.8 Å². The first-order valence-corrected chi connectivity index (χ1v) is 5.80. The zero-order valence-electron chi connectivity index (χ0n) is 9.82. The second-order valence-electron chi connectivity index (χ2n) is 4.55. The van der Waals surface area contributed by atoms with E-state index in [1.165, 1.54) is 0 Å². The lowest BCUT2D eigenvalue weighted by Crippen LogP contribution is -2.48. The average Bonchev–Trinajstić information content (AvgIpc) is 2.75. The van der Waals surface area contributed by atoms with Crippen molar-refractivity contribution in [2.75, 3.05) is 18.0 Å². The second-order valence-corrected chi connectivity index (χ2v) is 4.55. The van der Waals surface area contributed by atoms with Gasteiger partial charge in [0.15, 0.2) is 0 Å². The van der Waals surface area contributed by atoms with Crippen molar-refractivity contribution in [1.29, 1.82) is 0 Å². The Balaban J connectivity index is 1.58. The molecule has 0 amide bonds. The molecule has 3 heterocycles. The van der Waals surface area contributed by atoms with Gasteiger partial charge in [0.25, 0.3) is 0 Å². The van der Waals surface area contributed by atoms with Crippen molar-refractivity contribution in [2.45, 2.75) is 13.5 Å². The van der Waals surface area contributed by atoms with Crippen molar-refractivity contribution in [1.82, 2.24) is 19.5 Å². The molecule has 0 atom stereocenters. The summed E-state index contributed by atoms with van der Waals surface area (Å²) in [4.78, 5) is 14.7. The SMILES string of the molecule is Cc1cc(N2CC(Cn3ccnc3)C2)ncn1. The van der Waals surface area contributed by atoms with Crippen molar-refractivity contribution in [3.63, 3.8) is 0 Å². The molecule has 0 saturated carbocycles. The highest BCUT2D eigenvalue weighted by Crippen LogP contribution is 2.23. The van der Waals surface area contributed by atoms with Crippen LogP contribution in [-0.2, 0) is 6.54 Å². The molecule has 0 radical (unpaired) electrons. The fraction of sp³-hybridized carbons (Fsp3) is 0.417. The molecule has 0 spiro atoms. The maximum Gasteiger partial charge on any atom is 0.132 e. The summed E-state index contributed by atoms with van der Waals surface area (Å²) in [5.41, 5.74) is 1.02. The molecule has 0 unspecified atom stereocenters. The second kappa shape index (κ2) is 4.16. The van der Waals surface area contributed by atoms with Gasteiger partial charge in [-0.1, -0.05) is 0 Å². The van der Waals surface area contributed by atoms with Gasteiger partial charge in [-0.25, -0.2) is 15.0 Å². The Kier molecular flexibility index (Phi) is 2.51. The van der Waals surface area contributed by atoms with Gasteiger partial charge in [0.1, 0.15) is 12.1 Å². The highest BCUT2D eigenvalue weighted by molar-refractivity contribution is 5.41. The quantitative estimate of drug-likeness (QED) is 0.791. The van der Waals surface area contributed by atoms with Gasteiger partial charge in [-0.15, -0.1) is 0 Å². The number of aromatic nitrogens is 4. The number of hydrogen-bond acceptors (Lipinski definition) is 4. The fourth-order valence-corrected chi connectivity index (χ4v) is 2.18. The van der Waals surface area contributed by atoms with Crippen LogP contribution in [0.15, 0.2) is 31.1 Å². The van der Waals surface area contributed by atoms with Crippen LogP contribution in [0.4, 0.5) is 5.82 Å². The van der Waals surface area contributed by atoms with Crippen LogP contribution in [0.25, 0.3) is 0 Å². The van der Waals surface area contributed by atoms with Crippen LogP contribution in [0.1, 0.15) is 5.69 Å². The molecule has 1 saturated heterocycles. The van der Waals surface area contributed by atoms with Gasteiger partial charge >= 0.3 is 0 Å². The predicted octanol–water partition coefficient (Wildman–Crippen LogP) is 1.12.